The van der Waals surface area contributed by atoms with Crippen LogP contribution in [0.5, 0.6) is 0 Å². The van der Waals surface area contributed by atoms with E-state index in [0.29, 0.717) is 24.3 Å². The molecule has 1 unspecified atom stereocenters. The number of rotatable bonds is 3. The van der Waals surface area contributed by atoms with Gasteiger partial charge in [0.15, 0.2) is 5.76 Å². The monoisotopic (exact) mass is 330 g/mol. The molecule has 0 spiro atoms. The molecule has 0 bridgehead atoms. The Morgan fingerprint density at radius 1 is 1.21 bits per heavy atom. The predicted molar refractivity (Wildman–Crippen MR) is 86.9 cm³/mol. The van der Waals surface area contributed by atoms with Gasteiger partial charge in [-0.15, -0.1) is 0 Å². The fraction of sp³-hybridized carbons (Fsp3) is 0.333. The lowest BCUT2D eigenvalue weighted by molar-refractivity contribution is -0.132. The van der Waals surface area contributed by atoms with E-state index in [2.05, 4.69) is 0 Å². The Morgan fingerprint density at radius 2 is 1.96 bits per heavy atom. The Morgan fingerprint density at radius 3 is 2.67 bits per heavy atom. The Hall–Kier alpha value is -2.63. The Labute approximate surface area is 139 Å². The third-order valence-corrected chi connectivity index (χ3v) is 4.20. The molecule has 1 saturated heterocycles. The summed E-state index contributed by atoms with van der Waals surface area (Å²) in [6.45, 7) is 0.513. The first-order valence-corrected chi connectivity index (χ1v) is 7.86. The van der Waals surface area contributed by atoms with Gasteiger partial charge in [-0.2, -0.15) is 0 Å². The maximum absolute atomic E-state index is 13.8. The number of hydrogen-bond donors (Lipinski definition) is 0. The lowest BCUT2D eigenvalue weighted by atomic mass is 10.1. The number of nitrogens with zero attached hydrogens (tertiary/aromatic N) is 2. The zero-order valence-electron chi connectivity index (χ0n) is 13.7. The molecular formula is C18H19FN2O3. The van der Waals surface area contributed by atoms with E-state index in [9.17, 15) is 14.0 Å². The summed E-state index contributed by atoms with van der Waals surface area (Å²) in [5.74, 6) is -0.428. The number of likely N-dealkylation sites (tertiary alicyclic amines) is 1. The highest BCUT2D eigenvalue weighted by molar-refractivity contribution is 5.96. The van der Waals surface area contributed by atoms with Gasteiger partial charge >= 0.3 is 0 Å². The molecule has 1 aromatic heterocycles. The molecule has 0 saturated carbocycles. The molecule has 2 heterocycles. The van der Waals surface area contributed by atoms with Crippen LogP contribution in [0.15, 0.2) is 40.8 Å². The van der Waals surface area contributed by atoms with E-state index in [-0.39, 0.29) is 17.6 Å². The van der Waals surface area contributed by atoms with Crippen molar-refractivity contribution in [1.82, 2.24) is 9.80 Å². The van der Waals surface area contributed by atoms with Crippen molar-refractivity contribution in [3.8, 4) is 11.3 Å². The van der Waals surface area contributed by atoms with E-state index in [4.69, 9.17) is 4.42 Å². The standard InChI is InChI=1S/C18H19FN2O3/c1-20(2)17(22)14-8-5-11-21(14)18(23)16-10-9-15(24-16)12-6-3-4-7-13(12)19/h3-4,6-7,9-10,14H,5,8,11H2,1-2H3. The van der Waals surface area contributed by atoms with Gasteiger partial charge in [0.1, 0.15) is 17.6 Å². The maximum Gasteiger partial charge on any atom is 0.290 e. The molecule has 6 heteroatoms. The van der Waals surface area contributed by atoms with Crippen LogP contribution in [0.25, 0.3) is 11.3 Å². The maximum atomic E-state index is 13.8. The molecule has 0 aliphatic carbocycles. The van der Waals surface area contributed by atoms with Crippen LogP contribution in [0.3, 0.4) is 0 Å². The molecule has 2 amide bonds. The summed E-state index contributed by atoms with van der Waals surface area (Å²) in [6, 6.07) is 8.87. The topological polar surface area (TPSA) is 53.8 Å². The summed E-state index contributed by atoms with van der Waals surface area (Å²) in [5.41, 5.74) is 0.305. The number of carbonyl (C=O) groups excluding carboxylic acids is 2. The van der Waals surface area contributed by atoms with E-state index in [0.717, 1.165) is 6.42 Å². The lowest BCUT2D eigenvalue weighted by Crippen LogP contribution is -2.45. The van der Waals surface area contributed by atoms with Crippen LogP contribution in [0.1, 0.15) is 23.4 Å². The van der Waals surface area contributed by atoms with Crippen molar-refractivity contribution in [2.24, 2.45) is 0 Å². The van der Waals surface area contributed by atoms with E-state index in [1.807, 2.05) is 0 Å². The minimum Gasteiger partial charge on any atom is -0.451 e. The number of likely N-dealkylation sites (N-methyl/N-ethyl adjacent to an activating group) is 1. The van der Waals surface area contributed by atoms with Crippen LogP contribution in [0.2, 0.25) is 0 Å². The smallest absolute Gasteiger partial charge is 0.290 e. The van der Waals surface area contributed by atoms with Gasteiger partial charge in [-0.25, -0.2) is 4.39 Å². The van der Waals surface area contributed by atoms with Crippen molar-refractivity contribution in [2.75, 3.05) is 20.6 Å². The van der Waals surface area contributed by atoms with Gasteiger partial charge in [0, 0.05) is 20.6 Å². The summed E-state index contributed by atoms with van der Waals surface area (Å²) in [7, 11) is 3.35. The molecule has 126 valence electrons. The second kappa shape index (κ2) is 6.47. The molecule has 1 aromatic carbocycles. The van der Waals surface area contributed by atoms with E-state index >= 15 is 0 Å². The summed E-state index contributed by atoms with van der Waals surface area (Å²) >= 11 is 0. The van der Waals surface area contributed by atoms with Gasteiger partial charge in [0.2, 0.25) is 5.91 Å². The van der Waals surface area contributed by atoms with Crippen molar-refractivity contribution < 1.29 is 18.4 Å². The summed E-state index contributed by atoms with van der Waals surface area (Å²) in [5, 5.41) is 0. The Kier molecular flexibility index (Phi) is 4.38. The van der Waals surface area contributed by atoms with Crippen LogP contribution in [-0.4, -0.2) is 48.3 Å². The molecule has 2 aromatic rings. The molecular weight excluding hydrogens is 311 g/mol. The van der Waals surface area contributed by atoms with Gasteiger partial charge in [-0.05, 0) is 37.1 Å². The second-order valence-electron chi connectivity index (χ2n) is 6.03. The van der Waals surface area contributed by atoms with E-state index < -0.39 is 11.9 Å². The quantitative estimate of drug-likeness (QED) is 0.869. The molecule has 0 radical (unpaired) electrons. The first kappa shape index (κ1) is 16.2. The number of hydrogen-bond acceptors (Lipinski definition) is 3. The third kappa shape index (κ3) is 2.91. The lowest BCUT2D eigenvalue weighted by Gasteiger charge is -2.25. The molecule has 5 nitrogen and oxygen atoms in total. The highest BCUT2D eigenvalue weighted by Gasteiger charge is 2.36. The largest absolute Gasteiger partial charge is 0.451 e. The molecule has 1 fully saturated rings. The fourth-order valence-electron chi connectivity index (χ4n) is 2.96. The van der Waals surface area contributed by atoms with Crippen molar-refractivity contribution in [3.05, 3.63) is 48.0 Å². The summed E-state index contributed by atoms with van der Waals surface area (Å²) < 4.78 is 19.4. The number of benzene rings is 1. The van der Waals surface area contributed by atoms with Crippen molar-refractivity contribution in [2.45, 2.75) is 18.9 Å². The minimum atomic E-state index is -0.463. The average Bonchev–Trinajstić information content (AvgIpc) is 3.23. The predicted octanol–water partition coefficient (Wildman–Crippen LogP) is 2.78. The zero-order chi connectivity index (χ0) is 17.3. The second-order valence-corrected chi connectivity index (χ2v) is 6.03. The van der Waals surface area contributed by atoms with Crippen LogP contribution >= 0.6 is 0 Å². The van der Waals surface area contributed by atoms with Crippen LogP contribution in [0, 0.1) is 5.82 Å². The molecule has 0 N–H and O–H groups in total. The van der Waals surface area contributed by atoms with Gasteiger partial charge in [-0.3, -0.25) is 9.59 Å². The van der Waals surface area contributed by atoms with Gasteiger partial charge in [0.25, 0.3) is 5.91 Å². The highest BCUT2D eigenvalue weighted by atomic mass is 19.1. The number of carbonyl (C=O) groups is 2. The highest BCUT2D eigenvalue weighted by Crippen LogP contribution is 2.27. The molecule has 24 heavy (non-hydrogen) atoms. The average molecular weight is 330 g/mol. The molecule has 3 rings (SSSR count). The van der Waals surface area contributed by atoms with E-state index in [1.54, 1.807) is 38.4 Å². The fourth-order valence-corrected chi connectivity index (χ4v) is 2.96. The summed E-state index contributed by atoms with van der Waals surface area (Å²) in [6.07, 6.45) is 1.42. The first-order chi connectivity index (χ1) is 11.5. The minimum absolute atomic E-state index is 0.0956. The van der Waals surface area contributed by atoms with Gasteiger partial charge in [-0.1, -0.05) is 12.1 Å². The molecule has 1 aliphatic rings. The Balaban J connectivity index is 1.84. The van der Waals surface area contributed by atoms with Crippen molar-refractivity contribution >= 4 is 11.8 Å². The van der Waals surface area contributed by atoms with Crippen LogP contribution in [0.4, 0.5) is 4.39 Å². The molecule has 1 aliphatic heterocycles. The van der Waals surface area contributed by atoms with Crippen molar-refractivity contribution in [3.63, 3.8) is 0 Å². The number of furan rings is 1. The van der Waals surface area contributed by atoms with Crippen molar-refractivity contribution in [1.29, 1.82) is 0 Å². The SMILES string of the molecule is CN(C)C(=O)C1CCCN1C(=O)c1ccc(-c2ccccc2F)o1. The zero-order valence-corrected chi connectivity index (χ0v) is 13.7. The normalized spacial score (nSPS) is 17.1. The van der Waals surface area contributed by atoms with Gasteiger partial charge in [0.05, 0.1) is 5.56 Å². The van der Waals surface area contributed by atoms with Gasteiger partial charge < -0.3 is 14.2 Å². The third-order valence-electron chi connectivity index (χ3n) is 4.20. The van der Waals surface area contributed by atoms with Crippen LogP contribution < -0.4 is 0 Å². The number of halogens is 1. The first-order valence-electron chi connectivity index (χ1n) is 7.86. The molecule has 1 atom stereocenters. The van der Waals surface area contributed by atoms with E-state index in [1.165, 1.54) is 21.9 Å². The summed E-state index contributed by atoms with van der Waals surface area (Å²) in [4.78, 5) is 27.9. The Bertz CT molecular complexity index is 769. The number of amides is 2. The van der Waals surface area contributed by atoms with Crippen LogP contribution in [-0.2, 0) is 4.79 Å².